The number of hydrogen-bond donors (Lipinski definition) is 1. The highest BCUT2D eigenvalue weighted by molar-refractivity contribution is 5.98. The van der Waals surface area contributed by atoms with E-state index in [0.29, 0.717) is 36.7 Å². The van der Waals surface area contributed by atoms with E-state index in [1.807, 2.05) is 16.7 Å². The van der Waals surface area contributed by atoms with Crippen LogP contribution in [0.1, 0.15) is 72.0 Å². The zero-order valence-corrected chi connectivity index (χ0v) is 17.9. The molecular formula is C23H28N6O2. The van der Waals surface area contributed by atoms with Crippen molar-refractivity contribution in [1.29, 1.82) is 0 Å². The lowest BCUT2D eigenvalue weighted by molar-refractivity contribution is -0.119. The summed E-state index contributed by atoms with van der Waals surface area (Å²) >= 11 is 0. The number of fused-ring (bicyclic) bond motifs is 1. The molecule has 0 spiro atoms. The van der Waals surface area contributed by atoms with Gasteiger partial charge in [0, 0.05) is 37.0 Å². The molecule has 0 unspecified atom stereocenters. The van der Waals surface area contributed by atoms with Gasteiger partial charge >= 0.3 is 0 Å². The lowest BCUT2D eigenvalue weighted by Gasteiger charge is -2.36. The van der Waals surface area contributed by atoms with E-state index in [9.17, 15) is 9.59 Å². The molecule has 1 saturated carbocycles. The molecule has 4 heterocycles. The van der Waals surface area contributed by atoms with Gasteiger partial charge in [0.15, 0.2) is 5.82 Å². The van der Waals surface area contributed by atoms with E-state index in [0.717, 1.165) is 42.9 Å². The molecule has 2 aromatic heterocycles. The van der Waals surface area contributed by atoms with Gasteiger partial charge in [0.05, 0.1) is 11.6 Å². The lowest BCUT2D eigenvalue weighted by Crippen LogP contribution is -2.41. The van der Waals surface area contributed by atoms with E-state index in [2.05, 4.69) is 4.98 Å². The van der Waals surface area contributed by atoms with Crippen molar-refractivity contribution in [2.45, 2.75) is 57.9 Å². The third-order valence-corrected chi connectivity index (χ3v) is 6.62. The van der Waals surface area contributed by atoms with Crippen LogP contribution >= 0.6 is 0 Å². The quantitative estimate of drug-likeness (QED) is 0.815. The maximum atomic E-state index is 13.3. The molecule has 162 valence electrons. The molecule has 1 atom stereocenters. The molecule has 8 heteroatoms. The molecule has 2 amide bonds. The minimum absolute atomic E-state index is 0.139. The van der Waals surface area contributed by atoms with Crippen LogP contribution in [0.5, 0.6) is 0 Å². The van der Waals surface area contributed by atoms with Crippen LogP contribution < -0.4 is 10.6 Å². The van der Waals surface area contributed by atoms with E-state index in [4.69, 9.17) is 15.7 Å². The summed E-state index contributed by atoms with van der Waals surface area (Å²) in [5.74, 6) is 2.20. The topological polar surface area (TPSA) is 105 Å². The largest absolute Gasteiger partial charge is 0.383 e. The number of nitrogens with two attached hydrogens (primary N) is 1. The Morgan fingerprint density at radius 3 is 2.81 bits per heavy atom. The minimum Gasteiger partial charge on any atom is -0.383 e. The summed E-state index contributed by atoms with van der Waals surface area (Å²) in [5, 5.41) is 0. The van der Waals surface area contributed by atoms with Crippen molar-refractivity contribution in [1.82, 2.24) is 19.9 Å². The molecule has 8 nitrogen and oxygen atoms in total. The Morgan fingerprint density at radius 2 is 2.03 bits per heavy atom. The fraction of sp³-hybridized carbons (Fsp3) is 0.522. The highest BCUT2D eigenvalue weighted by Gasteiger charge is 2.36. The van der Waals surface area contributed by atoms with E-state index < -0.39 is 0 Å². The number of nitrogens with zero attached hydrogens (tertiary/aromatic N) is 5. The van der Waals surface area contributed by atoms with Crippen LogP contribution in [0.2, 0.25) is 0 Å². The van der Waals surface area contributed by atoms with Gasteiger partial charge in [-0.05, 0) is 63.5 Å². The normalized spacial score (nSPS) is 21.2. The Labute approximate surface area is 181 Å². The molecule has 2 fully saturated rings. The molecule has 1 saturated heterocycles. The fourth-order valence-electron chi connectivity index (χ4n) is 4.70. The molecule has 0 bridgehead atoms. The second-order valence-electron chi connectivity index (χ2n) is 8.86. The first-order valence-electron chi connectivity index (χ1n) is 11.2. The number of anilines is 2. The third-order valence-electron chi connectivity index (χ3n) is 6.62. The Morgan fingerprint density at radius 1 is 1.19 bits per heavy atom. The number of piperidine rings is 1. The van der Waals surface area contributed by atoms with Crippen molar-refractivity contribution in [2.75, 3.05) is 23.7 Å². The zero-order valence-electron chi connectivity index (χ0n) is 17.9. The maximum Gasteiger partial charge on any atom is 0.258 e. The summed E-state index contributed by atoms with van der Waals surface area (Å²) in [6, 6.07) is 3.21. The lowest BCUT2D eigenvalue weighted by atomic mass is 9.98. The number of carbonyl (C=O) groups is 2. The van der Waals surface area contributed by atoms with Gasteiger partial charge in [-0.25, -0.2) is 15.0 Å². The van der Waals surface area contributed by atoms with Crippen molar-refractivity contribution in [3.05, 3.63) is 41.0 Å². The molecule has 31 heavy (non-hydrogen) atoms. The van der Waals surface area contributed by atoms with Crippen LogP contribution in [-0.2, 0) is 11.2 Å². The Kier molecular flexibility index (Phi) is 5.08. The molecule has 3 aliphatic rings. The molecule has 2 aliphatic heterocycles. The van der Waals surface area contributed by atoms with E-state index in [1.165, 1.54) is 12.8 Å². The van der Waals surface area contributed by atoms with Gasteiger partial charge in [-0.15, -0.1) is 0 Å². The van der Waals surface area contributed by atoms with Gasteiger partial charge in [-0.1, -0.05) is 0 Å². The highest BCUT2D eigenvalue weighted by atomic mass is 16.2. The number of rotatable bonds is 4. The number of amides is 2. The van der Waals surface area contributed by atoms with Crippen molar-refractivity contribution in [2.24, 2.45) is 5.92 Å². The predicted octanol–water partition coefficient (Wildman–Crippen LogP) is 2.82. The molecular weight excluding hydrogens is 392 g/mol. The monoisotopic (exact) mass is 420 g/mol. The van der Waals surface area contributed by atoms with Gasteiger partial charge in [0.1, 0.15) is 11.6 Å². The summed E-state index contributed by atoms with van der Waals surface area (Å²) in [5.41, 5.74) is 8.36. The SMILES string of the molecule is Cc1nc([C@@H]2CCCCN2C(=O)c2cccnc2N)nc2c1CCC(=O)N2CC1CC1. The van der Waals surface area contributed by atoms with Gasteiger partial charge in [-0.3, -0.25) is 14.5 Å². The van der Waals surface area contributed by atoms with E-state index >= 15 is 0 Å². The van der Waals surface area contributed by atoms with Crippen LogP contribution in [0, 0.1) is 12.8 Å². The summed E-state index contributed by atoms with van der Waals surface area (Å²) in [6.07, 6.45) is 7.85. The van der Waals surface area contributed by atoms with Crippen molar-refractivity contribution in [3.8, 4) is 0 Å². The smallest absolute Gasteiger partial charge is 0.258 e. The van der Waals surface area contributed by atoms with Gasteiger partial charge in [-0.2, -0.15) is 0 Å². The van der Waals surface area contributed by atoms with Crippen LogP contribution in [0.25, 0.3) is 0 Å². The number of aromatic nitrogens is 3. The van der Waals surface area contributed by atoms with Gasteiger partial charge in [0.25, 0.3) is 5.91 Å². The number of aryl methyl sites for hydroxylation is 1. The van der Waals surface area contributed by atoms with E-state index in [1.54, 1.807) is 18.3 Å². The second kappa shape index (κ2) is 7.90. The number of likely N-dealkylation sites (tertiary alicyclic amines) is 1. The molecule has 5 rings (SSSR count). The second-order valence-corrected chi connectivity index (χ2v) is 8.86. The Hall–Kier alpha value is -3.03. The number of hydrogen-bond acceptors (Lipinski definition) is 6. The molecule has 2 N–H and O–H groups in total. The number of nitrogen functional groups attached to an aromatic ring is 1. The summed E-state index contributed by atoms with van der Waals surface area (Å²) in [7, 11) is 0. The third kappa shape index (κ3) is 3.75. The van der Waals surface area contributed by atoms with E-state index in [-0.39, 0.29) is 23.7 Å². The minimum atomic E-state index is -0.232. The van der Waals surface area contributed by atoms with Crippen molar-refractivity contribution in [3.63, 3.8) is 0 Å². The Balaban J connectivity index is 1.51. The summed E-state index contributed by atoms with van der Waals surface area (Å²) in [4.78, 5) is 43.5. The highest BCUT2D eigenvalue weighted by Crippen LogP contribution is 2.37. The number of pyridine rings is 1. The average molecular weight is 421 g/mol. The standard InChI is InChI=1S/C23H28N6O2/c1-14-16-9-10-19(30)29(13-15-7-8-15)22(16)27-21(26-14)18-6-2-3-12-28(18)23(31)17-5-4-11-25-20(17)24/h4-5,11,15,18H,2-3,6-10,12-13H2,1H3,(H2,24,25)/t18-/m0/s1. The van der Waals surface area contributed by atoms with Crippen LogP contribution in [0.3, 0.4) is 0 Å². The number of carbonyl (C=O) groups excluding carboxylic acids is 2. The van der Waals surface area contributed by atoms with Crippen LogP contribution in [0.15, 0.2) is 18.3 Å². The fourth-order valence-corrected chi connectivity index (χ4v) is 4.70. The Bertz CT molecular complexity index is 1030. The van der Waals surface area contributed by atoms with Crippen molar-refractivity contribution < 1.29 is 9.59 Å². The molecule has 1 aliphatic carbocycles. The molecule has 0 aromatic carbocycles. The average Bonchev–Trinajstić information content (AvgIpc) is 3.60. The molecule has 2 aromatic rings. The van der Waals surface area contributed by atoms with Crippen molar-refractivity contribution >= 4 is 23.5 Å². The maximum absolute atomic E-state index is 13.3. The van der Waals surface area contributed by atoms with Gasteiger partial charge in [0.2, 0.25) is 5.91 Å². The summed E-state index contributed by atoms with van der Waals surface area (Å²) < 4.78 is 0. The first kappa shape index (κ1) is 19.9. The first-order valence-corrected chi connectivity index (χ1v) is 11.2. The molecule has 0 radical (unpaired) electrons. The van der Waals surface area contributed by atoms with Crippen LogP contribution in [-0.4, -0.2) is 44.8 Å². The zero-order chi connectivity index (χ0) is 21.5. The first-order chi connectivity index (χ1) is 15.0. The van der Waals surface area contributed by atoms with Crippen LogP contribution in [0.4, 0.5) is 11.6 Å². The van der Waals surface area contributed by atoms with Gasteiger partial charge < -0.3 is 10.6 Å². The summed E-state index contributed by atoms with van der Waals surface area (Å²) in [6.45, 7) is 3.35. The predicted molar refractivity (Wildman–Crippen MR) is 116 cm³/mol.